The van der Waals surface area contributed by atoms with Crippen molar-refractivity contribution in [3.63, 3.8) is 0 Å². The Morgan fingerprint density at radius 3 is 2.67 bits per heavy atom. The number of nitrogens with zero attached hydrogens (tertiary/aromatic N) is 1. The molecule has 18 heavy (non-hydrogen) atoms. The molecule has 0 aliphatic carbocycles. The maximum atomic E-state index is 12.2. The molecule has 0 spiro atoms. The first-order valence-corrected chi connectivity index (χ1v) is 6.70. The summed E-state index contributed by atoms with van der Waals surface area (Å²) in [6, 6.07) is 7.45. The van der Waals surface area contributed by atoms with Crippen LogP contribution < -0.4 is 0 Å². The van der Waals surface area contributed by atoms with Crippen molar-refractivity contribution in [3.8, 4) is 0 Å². The van der Waals surface area contributed by atoms with Gasteiger partial charge in [0, 0.05) is 19.2 Å². The highest BCUT2D eigenvalue weighted by atomic mass is 32.1. The lowest BCUT2D eigenvalue weighted by atomic mass is 10.2. The molecule has 4 heteroatoms. The highest BCUT2D eigenvalue weighted by Gasteiger charge is 2.15. The van der Waals surface area contributed by atoms with E-state index in [1.165, 1.54) is 11.3 Å². The maximum Gasteiger partial charge on any atom is 0.219 e. The van der Waals surface area contributed by atoms with Gasteiger partial charge in [0.15, 0.2) is 0 Å². The van der Waals surface area contributed by atoms with E-state index in [9.17, 15) is 9.59 Å². The van der Waals surface area contributed by atoms with Crippen molar-refractivity contribution in [2.45, 2.75) is 19.8 Å². The van der Waals surface area contributed by atoms with Gasteiger partial charge < -0.3 is 9.36 Å². The van der Waals surface area contributed by atoms with Crippen molar-refractivity contribution in [1.82, 2.24) is 4.57 Å². The molecule has 0 atom stereocenters. The van der Waals surface area contributed by atoms with Crippen molar-refractivity contribution in [2.24, 2.45) is 7.05 Å². The van der Waals surface area contributed by atoms with E-state index < -0.39 is 0 Å². The average Bonchev–Trinajstić information content (AvgIpc) is 2.95. The molecule has 94 valence electrons. The third-order valence-corrected chi connectivity index (χ3v) is 3.81. The van der Waals surface area contributed by atoms with Gasteiger partial charge in [-0.3, -0.25) is 4.79 Å². The van der Waals surface area contributed by atoms with Gasteiger partial charge >= 0.3 is 0 Å². The van der Waals surface area contributed by atoms with Crippen LogP contribution in [0.5, 0.6) is 0 Å². The third kappa shape index (κ3) is 2.59. The molecule has 0 unspecified atom stereocenters. The predicted octanol–water partition coefficient (Wildman–Crippen LogP) is 2.84. The molecule has 0 fully saturated rings. The SMILES string of the molecule is CC(=O)CCc1ccc(C(=O)c2cccs2)n1C. The number of ketones is 2. The molecule has 0 bridgehead atoms. The first-order valence-electron chi connectivity index (χ1n) is 5.82. The molecular weight excluding hydrogens is 246 g/mol. The number of Topliss-reactive ketones (excluding diaryl/α,β-unsaturated/α-hetero) is 1. The Morgan fingerprint density at radius 1 is 1.28 bits per heavy atom. The minimum absolute atomic E-state index is 0.0431. The zero-order chi connectivity index (χ0) is 13.1. The van der Waals surface area contributed by atoms with Crippen LogP contribution in [-0.4, -0.2) is 16.1 Å². The molecule has 0 saturated heterocycles. The number of rotatable bonds is 5. The highest BCUT2D eigenvalue weighted by molar-refractivity contribution is 7.12. The number of aromatic nitrogens is 1. The van der Waals surface area contributed by atoms with E-state index in [4.69, 9.17) is 0 Å². The molecule has 0 radical (unpaired) electrons. The quantitative estimate of drug-likeness (QED) is 0.776. The lowest BCUT2D eigenvalue weighted by molar-refractivity contribution is -0.117. The van der Waals surface area contributed by atoms with Crippen LogP contribution >= 0.6 is 11.3 Å². The number of carbonyl (C=O) groups excluding carboxylic acids is 2. The molecule has 0 N–H and O–H groups in total. The van der Waals surface area contributed by atoms with Gasteiger partial charge in [-0.15, -0.1) is 11.3 Å². The largest absolute Gasteiger partial charge is 0.345 e. The van der Waals surface area contributed by atoms with Crippen LogP contribution in [0.1, 0.15) is 34.4 Å². The summed E-state index contributed by atoms with van der Waals surface area (Å²) in [5, 5.41) is 1.90. The van der Waals surface area contributed by atoms with E-state index in [0.29, 0.717) is 18.5 Å². The molecule has 0 saturated carbocycles. The van der Waals surface area contributed by atoms with Crippen LogP contribution in [-0.2, 0) is 18.3 Å². The Kier molecular flexibility index (Phi) is 3.77. The summed E-state index contributed by atoms with van der Waals surface area (Å²) in [5.41, 5.74) is 1.70. The second-order valence-corrected chi connectivity index (χ2v) is 5.23. The summed E-state index contributed by atoms with van der Waals surface area (Å²) < 4.78 is 1.88. The fourth-order valence-electron chi connectivity index (χ4n) is 1.87. The van der Waals surface area contributed by atoms with Gasteiger partial charge in [0.2, 0.25) is 5.78 Å². The normalized spacial score (nSPS) is 10.6. The lowest BCUT2D eigenvalue weighted by Gasteiger charge is -2.05. The van der Waals surface area contributed by atoms with Crippen molar-refractivity contribution < 1.29 is 9.59 Å². The Labute approximate surface area is 110 Å². The summed E-state index contributed by atoms with van der Waals surface area (Å²) in [6.07, 6.45) is 1.20. The average molecular weight is 261 g/mol. The minimum atomic E-state index is 0.0431. The molecule has 0 aliphatic rings. The Bertz CT molecular complexity index is 567. The number of hydrogen-bond donors (Lipinski definition) is 0. The van der Waals surface area contributed by atoms with E-state index in [1.807, 2.05) is 41.3 Å². The Morgan fingerprint density at radius 2 is 2.06 bits per heavy atom. The van der Waals surface area contributed by atoms with Gasteiger partial charge in [0.25, 0.3) is 0 Å². The smallest absolute Gasteiger partial charge is 0.219 e. The van der Waals surface area contributed by atoms with Crippen LogP contribution in [0.3, 0.4) is 0 Å². The molecule has 0 aliphatic heterocycles. The van der Waals surface area contributed by atoms with Gasteiger partial charge in [-0.05, 0) is 36.9 Å². The standard InChI is InChI=1S/C14H15NO2S/c1-10(16)5-6-11-7-8-12(15(11)2)14(17)13-4-3-9-18-13/h3-4,7-9H,5-6H2,1-2H3. The fraction of sp³-hybridized carbons (Fsp3) is 0.286. The Hall–Kier alpha value is -1.68. The van der Waals surface area contributed by atoms with Crippen molar-refractivity contribution in [2.75, 3.05) is 0 Å². The first kappa shape index (κ1) is 12.8. The summed E-state index contributed by atoms with van der Waals surface area (Å²) in [6.45, 7) is 1.58. The molecule has 2 heterocycles. The number of hydrogen-bond acceptors (Lipinski definition) is 3. The molecular formula is C14H15NO2S. The number of carbonyl (C=O) groups is 2. The molecule has 2 rings (SSSR count). The summed E-state index contributed by atoms with van der Waals surface area (Å²) in [4.78, 5) is 23.9. The number of thiophene rings is 1. The van der Waals surface area contributed by atoms with E-state index in [2.05, 4.69) is 0 Å². The van der Waals surface area contributed by atoms with E-state index in [-0.39, 0.29) is 11.6 Å². The molecule has 2 aromatic rings. The first-order chi connectivity index (χ1) is 8.59. The summed E-state index contributed by atoms with van der Waals surface area (Å²) >= 11 is 1.45. The fourth-order valence-corrected chi connectivity index (χ4v) is 2.54. The topological polar surface area (TPSA) is 39.1 Å². The monoisotopic (exact) mass is 261 g/mol. The second kappa shape index (κ2) is 5.31. The second-order valence-electron chi connectivity index (χ2n) is 4.28. The zero-order valence-electron chi connectivity index (χ0n) is 10.5. The van der Waals surface area contributed by atoms with Crippen LogP contribution in [0, 0.1) is 0 Å². The Balaban J connectivity index is 2.20. The van der Waals surface area contributed by atoms with Gasteiger partial charge in [0.1, 0.15) is 5.78 Å². The molecule has 0 aromatic carbocycles. The number of aryl methyl sites for hydroxylation is 1. The van der Waals surface area contributed by atoms with Crippen LogP contribution in [0.15, 0.2) is 29.6 Å². The van der Waals surface area contributed by atoms with E-state index in [0.717, 1.165) is 10.6 Å². The lowest BCUT2D eigenvalue weighted by Crippen LogP contribution is -2.08. The van der Waals surface area contributed by atoms with Gasteiger partial charge in [-0.2, -0.15) is 0 Å². The van der Waals surface area contributed by atoms with E-state index in [1.54, 1.807) is 6.92 Å². The minimum Gasteiger partial charge on any atom is -0.345 e. The maximum absolute atomic E-state index is 12.2. The highest BCUT2D eigenvalue weighted by Crippen LogP contribution is 2.17. The predicted molar refractivity (Wildman–Crippen MR) is 72.2 cm³/mol. The molecule has 0 amide bonds. The zero-order valence-corrected chi connectivity index (χ0v) is 11.3. The third-order valence-electron chi connectivity index (χ3n) is 2.94. The van der Waals surface area contributed by atoms with Crippen molar-refractivity contribution in [1.29, 1.82) is 0 Å². The van der Waals surface area contributed by atoms with E-state index >= 15 is 0 Å². The van der Waals surface area contributed by atoms with Crippen LogP contribution in [0.4, 0.5) is 0 Å². The summed E-state index contributed by atoms with van der Waals surface area (Å²) in [7, 11) is 1.87. The molecule has 3 nitrogen and oxygen atoms in total. The van der Waals surface area contributed by atoms with Crippen molar-refractivity contribution >= 4 is 22.9 Å². The summed E-state index contributed by atoms with van der Waals surface area (Å²) in [5.74, 6) is 0.212. The van der Waals surface area contributed by atoms with Crippen LogP contribution in [0.2, 0.25) is 0 Å². The van der Waals surface area contributed by atoms with Gasteiger partial charge in [-0.1, -0.05) is 6.07 Å². The van der Waals surface area contributed by atoms with Crippen LogP contribution in [0.25, 0.3) is 0 Å². The van der Waals surface area contributed by atoms with Gasteiger partial charge in [0.05, 0.1) is 10.6 Å². The van der Waals surface area contributed by atoms with Crippen molar-refractivity contribution in [3.05, 3.63) is 45.9 Å². The van der Waals surface area contributed by atoms with Gasteiger partial charge in [-0.25, -0.2) is 0 Å². The molecule has 2 aromatic heterocycles.